The van der Waals surface area contributed by atoms with Gasteiger partial charge in [0.25, 0.3) is 0 Å². The fourth-order valence-electron chi connectivity index (χ4n) is 4.67. The van der Waals surface area contributed by atoms with E-state index < -0.39 is 0 Å². The Morgan fingerprint density at radius 1 is 1.10 bits per heavy atom. The van der Waals surface area contributed by atoms with Crippen LogP contribution >= 0.6 is 11.3 Å². The molecule has 2 aliphatic rings. The second-order valence-corrected chi connectivity index (χ2v) is 9.64. The van der Waals surface area contributed by atoms with Crippen molar-refractivity contribution in [3.8, 4) is 0 Å². The summed E-state index contributed by atoms with van der Waals surface area (Å²) in [4.78, 5) is 29.3. The van der Waals surface area contributed by atoms with Crippen molar-refractivity contribution >= 4 is 32.6 Å². The predicted octanol–water partition coefficient (Wildman–Crippen LogP) is 2.98. The number of benzene rings is 1. The lowest BCUT2D eigenvalue weighted by atomic mass is 9.95. The summed E-state index contributed by atoms with van der Waals surface area (Å²) in [5.74, 6) is 1.58. The molecule has 0 saturated carbocycles. The minimum absolute atomic E-state index is 0.145. The molecule has 2 fully saturated rings. The van der Waals surface area contributed by atoms with Crippen LogP contribution in [0.2, 0.25) is 0 Å². The van der Waals surface area contributed by atoms with E-state index in [2.05, 4.69) is 42.4 Å². The Labute approximate surface area is 187 Å². The number of imidazole rings is 1. The Balaban J connectivity index is 1.14. The molecule has 0 bridgehead atoms. The molecule has 1 aromatic carbocycles. The van der Waals surface area contributed by atoms with Crippen LogP contribution in [-0.4, -0.2) is 69.5 Å². The number of aromatic nitrogens is 3. The highest BCUT2D eigenvalue weighted by molar-refractivity contribution is 7.22. The van der Waals surface area contributed by atoms with Crippen LogP contribution in [0.25, 0.3) is 10.2 Å². The minimum atomic E-state index is 0.145. The molecule has 0 unspecified atom stereocenters. The number of hydrogen-bond acceptors (Lipinski definition) is 6. The third-order valence-corrected chi connectivity index (χ3v) is 7.68. The Bertz CT molecular complexity index is 1000. The summed E-state index contributed by atoms with van der Waals surface area (Å²) in [5.41, 5.74) is 1.07. The highest BCUT2D eigenvalue weighted by Gasteiger charge is 2.30. The van der Waals surface area contributed by atoms with Crippen LogP contribution in [0.3, 0.4) is 0 Å². The predicted molar refractivity (Wildman–Crippen MR) is 124 cm³/mol. The van der Waals surface area contributed by atoms with Gasteiger partial charge < -0.3 is 14.4 Å². The topological polar surface area (TPSA) is 57.5 Å². The van der Waals surface area contributed by atoms with Gasteiger partial charge in [0.1, 0.15) is 5.82 Å². The quantitative estimate of drug-likeness (QED) is 0.627. The van der Waals surface area contributed by atoms with Crippen molar-refractivity contribution < 1.29 is 4.79 Å². The molecule has 4 heterocycles. The SMILES string of the molecule is Cn1ccnc1CN1CCCN(C(=O)C2CCN(c3nc4ccccc4s3)CC2)CC1. The summed E-state index contributed by atoms with van der Waals surface area (Å²) in [7, 11) is 2.04. The zero-order valence-corrected chi connectivity index (χ0v) is 18.9. The Morgan fingerprint density at radius 3 is 2.71 bits per heavy atom. The summed E-state index contributed by atoms with van der Waals surface area (Å²) in [5, 5.41) is 1.09. The molecular formula is C23H30N6OS. The van der Waals surface area contributed by atoms with E-state index in [1.807, 2.05) is 25.5 Å². The van der Waals surface area contributed by atoms with Crippen LogP contribution in [0.1, 0.15) is 25.1 Å². The number of amides is 1. The normalized spacial score (nSPS) is 19.1. The maximum atomic E-state index is 13.2. The van der Waals surface area contributed by atoms with Crippen molar-refractivity contribution in [3.63, 3.8) is 0 Å². The van der Waals surface area contributed by atoms with E-state index in [4.69, 9.17) is 4.98 Å². The van der Waals surface area contributed by atoms with Crippen LogP contribution in [-0.2, 0) is 18.4 Å². The highest BCUT2D eigenvalue weighted by atomic mass is 32.1. The maximum Gasteiger partial charge on any atom is 0.225 e. The van der Waals surface area contributed by atoms with Crippen LogP contribution in [0.4, 0.5) is 5.13 Å². The van der Waals surface area contributed by atoms with E-state index in [0.29, 0.717) is 5.91 Å². The Hall–Kier alpha value is -2.45. The summed E-state index contributed by atoms with van der Waals surface area (Å²) in [6.45, 7) is 6.31. The number of thiazole rings is 1. The lowest BCUT2D eigenvalue weighted by Crippen LogP contribution is -2.44. The summed E-state index contributed by atoms with van der Waals surface area (Å²) < 4.78 is 3.31. The Kier molecular flexibility index (Phi) is 5.91. The number of nitrogens with zero attached hydrogens (tertiary/aromatic N) is 6. The number of para-hydroxylation sites is 1. The summed E-state index contributed by atoms with van der Waals surface area (Å²) in [6, 6.07) is 8.30. The standard InChI is InChI=1S/C23H30N6OS/c1-26-14-9-24-21(26)17-27-10-4-11-28(16-15-27)22(30)18-7-12-29(13-8-18)23-25-19-5-2-3-6-20(19)31-23/h2-3,5-6,9,14,18H,4,7-8,10-13,15-17H2,1H3. The van der Waals surface area contributed by atoms with Gasteiger partial charge in [-0.15, -0.1) is 0 Å². The molecule has 1 amide bonds. The van der Waals surface area contributed by atoms with Crippen LogP contribution in [0.15, 0.2) is 36.7 Å². The number of fused-ring (bicyclic) bond motifs is 1. The van der Waals surface area contributed by atoms with Gasteiger partial charge in [0, 0.05) is 64.6 Å². The van der Waals surface area contributed by atoms with Crippen LogP contribution in [0, 0.1) is 5.92 Å². The average Bonchev–Trinajstić information content (AvgIpc) is 3.33. The second-order valence-electron chi connectivity index (χ2n) is 8.63. The molecule has 0 radical (unpaired) electrons. The number of anilines is 1. The van der Waals surface area contributed by atoms with Gasteiger partial charge in [-0.1, -0.05) is 23.5 Å². The van der Waals surface area contributed by atoms with Crippen molar-refractivity contribution in [1.29, 1.82) is 0 Å². The molecule has 8 heteroatoms. The molecule has 2 aromatic heterocycles. The molecule has 31 heavy (non-hydrogen) atoms. The van der Waals surface area contributed by atoms with Gasteiger partial charge in [0.2, 0.25) is 5.91 Å². The number of piperidine rings is 1. The number of carbonyl (C=O) groups is 1. The molecule has 0 atom stereocenters. The van der Waals surface area contributed by atoms with E-state index in [0.717, 1.165) is 81.5 Å². The first kappa shape index (κ1) is 20.5. The molecular weight excluding hydrogens is 408 g/mol. The monoisotopic (exact) mass is 438 g/mol. The summed E-state index contributed by atoms with van der Waals surface area (Å²) >= 11 is 1.75. The number of aryl methyl sites for hydroxylation is 1. The zero-order valence-electron chi connectivity index (χ0n) is 18.1. The molecule has 0 N–H and O–H groups in total. The third kappa shape index (κ3) is 4.45. The first-order valence-electron chi connectivity index (χ1n) is 11.3. The smallest absolute Gasteiger partial charge is 0.225 e. The van der Waals surface area contributed by atoms with Gasteiger partial charge in [-0.3, -0.25) is 9.69 Å². The molecule has 2 aliphatic heterocycles. The molecule has 2 saturated heterocycles. The van der Waals surface area contributed by atoms with E-state index in [9.17, 15) is 4.79 Å². The van der Waals surface area contributed by atoms with Gasteiger partial charge in [0.15, 0.2) is 5.13 Å². The highest BCUT2D eigenvalue weighted by Crippen LogP contribution is 2.31. The molecule has 0 aliphatic carbocycles. The second kappa shape index (κ2) is 8.96. The number of rotatable bonds is 4. The molecule has 3 aromatic rings. The average molecular weight is 439 g/mol. The van der Waals surface area contributed by atoms with Crippen LogP contribution < -0.4 is 4.90 Å². The van der Waals surface area contributed by atoms with E-state index >= 15 is 0 Å². The van der Waals surface area contributed by atoms with Crippen molar-refractivity contribution in [2.75, 3.05) is 44.2 Å². The maximum absolute atomic E-state index is 13.2. The van der Waals surface area contributed by atoms with Gasteiger partial charge >= 0.3 is 0 Å². The van der Waals surface area contributed by atoms with E-state index in [-0.39, 0.29) is 5.92 Å². The van der Waals surface area contributed by atoms with Crippen LogP contribution in [0.5, 0.6) is 0 Å². The first-order valence-corrected chi connectivity index (χ1v) is 12.1. The van der Waals surface area contributed by atoms with E-state index in [1.165, 1.54) is 4.70 Å². The largest absolute Gasteiger partial charge is 0.348 e. The molecule has 164 valence electrons. The fourth-order valence-corrected chi connectivity index (χ4v) is 5.69. The first-order chi connectivity index (χ1) is 15.2. The van der Waals surface area contributed by atoms with Crippen molar-refractivity contribution in [3.05, 3.63) is 42.5 Å². The molecule has 0 spiro atoms. The van der Waals surface area contributed by atoms with Gasteiger partial charge in [-0.2, -0.15) is 0 Å². The fraction of sp³-hybridized carbons (Fsp3) is 0.522. The van der Waals surface area contributed by atoms with Crippen molar-refractivity contribution in [2.45, 2.75) is 25.8 Å². The minimum Gasteiger partial charge on any atom is -0.348 e. The molecule has 7 nitrogen and oxygen atoms in total. The number of carbonyl (C=O) groups excluding carboxylic acids is 1. The Morgan fingerprint density at radius 2 is 1.94 bits per heavy atom. The summed E-state index contributed by atoms with van der Waals surface area (Å²) in [6.07, 6.45) is 6.71. The molecule has 5 rings (SSSR count). The van der Waals surface area contributed by atoms with Gasteiger partial charge in [-0.25, -0.2) is 9.97 Å². The van der Waals surface area contributed by atoms with E-state index in [1.54, 1.807) is 11.3 Å². The lowest BCUT2D eigenvalue weighted by molar-refractivity contribution is -0.136. The van der Waals surface area contributed by atoms with Gasteiger partial charge in [0.05, 0.1) is 16.8 Å². The zero-order chi connectivity index (χ0) is 21.2. The number of hydrogen-bond donors (Lipinski definition) is 0. The van der Waals surface area contributed by atoms with Gasteiger partial charge in [-0.05, 0) is 31.4 Å². The lowest BCUT2D eigenvalue weighted by Gasteiger charge is -2.33. The van der Waals surface area contributed by atoms with Crippen molar-refractivity contribution in [1.82, 2.24) is 24.3 Å². The third-order valence-electron chi connectivity index (χ3n) is 6.58. The van der Waals surface area contributed by atoms with Crippen molar-refractivity contribution in [2.24, 2.45) is 13.0 Å².